The molecule has 4 rings (SSSR count). The standard InChI is InChI=1S/C22H27N3O2S/c1-13(2)25(4)12-15-5-8-17(9-6-15)23-21(26)16-7-10-19-18(11-16)24-22-20(27-22)14(3)28-19/h5-11,13-14,20,22,24H,12H2,1-4H3,(H,23,26). The van der Waals surface area contributed by atoms with E-state index in [0.717, 1.165) is 17.9 Å². The SMILES string of the molecule is CC1Sc2ccc(C(=O)Nc3ccc(CN(C)C(C)C)cc3)cc2NC2OC21. The molecule has 0 aliphatic carbocycles. The van der Waals surface area contributed by atoms with Crippen LogP contribution in [0.3, 0.4) is 0 Å². The lowest BCUT2D eigenvalue weighted by molar-refractivity contribution is 0.102. The lowest BCUT2D eigenvalue weighted by Crippen LogP contribution is -2.25. The predicted molar refractivity (Wildman–Crippen MR) is 115 cm³/mol. The van der Waals surface area contributed by atoms with Crippen molar-refractivity contribution in [2.75, 3.05) is 17.7 Å². The van der Waals surface area contributed by atoms with Crippen molar-refractivity contribution in [3.63, 3.8) is 0 Å². The number of hydrogen-bond donors (Lipinski definition) is 2. The highest BCUT2D eigenvalue weighted by molar-refractivity contribution is 8.00. The Morgan fingerprint density at radius 1 is 1.25 bits per heavy atom. The molecular weight excluding hydrogens is 370 g/mol. The summed E-state index contributed by atoms with van der Waals surface area (Å²) in [4.78, 5) is 16.2. The van der Waals surface area contributed by atoms with Crippen molar-refractivity contribution in [3.05, 3.63) is 53.6 Å². The number of carbonyl (C=O) groups excluding carboxylic acids is 1. The molecule has 1 saturated heterocycles. The molecule has 0 saturated carbocycles. The van der Waals surface area contributed by atoms with Crippen molar-refractivity contribution in [2.45, 2.75) is 55.8 Å². The molecule has 1 fully saturated rings. The molecule has 148 valence electrons. The minimum Gasteiger partial charge on any atom is -0.357 e. The zero-order valence-electron chi connectivity index (χ0n) is 16.7. The van der Waals surface area contributed by atoms with Crippen molar-refractivity contribution < 1.29 is 9.53 Å². The molecule has 0 radical (unpaired) electrons. The third-order valence-electron chi connectivity index (χ3n) is 5.37. The molecule has 5 nitrogen and oxygen atoms in total. The largest absolute Gasteiger partial charge is 0.357 e. The number of amides is 1. The van der Waals surface area contributed by atoms with Crippen LogP contribution in [0.2, 0.25) is 0 Å². The molecule has 2 aliphatic rings. The van der Waals surface area contributed by atoms with Crippen LogP contribution in [0.15, 0.2) is 47.4 Å². The van der Waals surface area contributed by atoms with Gasteiger partial charge in [0.15, 0.2) is 6.23 Å². The van der Waals surface area contributed by atoms with Crippen LogP contribution in [0.25, 0.3) is 0 Å². The molecule has 2 N–H and O–H groups in total. The Labute approximate surface area is 170 Å². The van der Waals surface area contributed by atoms with Crippen LogP contribution in [0.1, 0.15) is 36.7 Å². The van der Waals surface area contributed by atoms with Crippen molar-refractivity contribution in [1.29, 1.82) is 0 Å². The van der Waals surface area contributed by atoms with Crippen LogP contribution in [-0.2, 0) is 11.3 Å². The van der Waals surface area contributed by atoms with Crippen molar-refractivity contribution in [1.82, 2.24) is 4.90 Å². The first-order valence-electron chi connectivity index (χ1n) is 9.74. The fourth-order valence-corrected chi connectivity index (χ4v) is 4.40. The number of hydrogen-bond acceptors (Lipinski definition) is 5. The van der Waals surface area contributed by atoms with E-state index in [4.69, 9.17) is 4.74 Å². The van der Waals surface area contributed by atoms with Gasteiger partial charge in [0.1, 0.15) is 6.10 Å². The zero-order valence-corrected chi connectivity index (χ0v) is 17.5. The first-order valence-corrected chi connectivity index (χ1v) is 10.6. The van der Waals surface area contributed by atoms with Gasteiger partial charge in [0, 0.05) is 34.0 Å². The second kappa shape index (κ2) is 7.78. The van der Waals surface area contributed by atoms with E-state index < -0.39 is 0 Å². The van der Waals surface area contributed by atoms with E-state index >= 15 is 0 Å². The smallest absolute Gasteiger partial charge is 0.255 e. The second-order valence-electron chi connectivity index (χ2n) is 7.86. The Morgan fingerprint density at radius 3 is 2.71 bits per heavy atom. The Hall–Kier alpha value is -2.02. The number of nitrogens with one attached hydrogen (secondary N) is 2. The van der Waals surface area contributed by atoms with Gasteiger partial charge in [-0.25, -0.2) is 0 Å². The molecule has 2 aliphatic heterocycles. The van der Waals surface area contributed by atoms with Gasteiger partial charge in [-0.1, -0.05) is 19.1 Å². The third-order valence-corrected chi connectivity index (χ3v) is 6.62. The quantitative estimate of drug-likeness (QED) is 0.732. The Morgan fingerprint density at radius 2 is 2.00 bits per heavy atom. The topological polar surface area (TPSA) is 56.9 Å². The van der Waals surface area contributed by atoms with Crippen LogP contribution in [0.4, 0.5) is 11.4 Å². The number of epoxide rings is 1. The molecule has 1 amide bonds. The number of thioether (sulfide) groups is 1. The molecule has 28 heavy (non-hydrogen) atoms. The molecule has 0 spiro atoms. The minimum absolute atomic E-state index is 0.0681. The highest BCUT2D eigenvalue weighted by atomic mass is 32.2. The van der Waals surface area contributed by atoms with E-state index in [0.29, 0.717) is 16.9 Å². The molecule has 3 atom stereocenters. The van der Waals surface area contributed by atoms with Crippen molar-refractivity contribution >= 4 is 29.0 Å². The van der Waals surface area contributed by atoms with E-state index in [2.05, 4.69) is 55.5 Å². The molecule has 2 heterocycles. The summed E-state index contributed by atoms with van der Waals surface area (Å²) in [5.74, 6) is -0.104. The number of benzene rings is 2. The summed E-state index contributed by atoms with van der Waals surface area (Å²) in [7, 11) is 2.11. The molecule has 3 unspecified atom stereocenters. The number of nitrogens with zero attached hydrogens (tertiary/aromatic N) is 1. The van der Waals surface area contributed by atoms with Gasteiger partial charge < -0.3 is 15.4 Å². The number of anilines is 2. The maximum absolute atomic E-state index is 12.7. The highest BCUT2D eigenvalue weighted by Crippen LogP contribution is 2.43. The molecular formula is C22H27N3O2S. The van der Waals surface area contributed by atoms with Crippen molar-refractivity contribution in [3.8, 4) is 0 Å². The number of rotatable bonds is 5. The molecule has 2 aromatic rings. The summed E-state index contributed by atoms with van der Waals surface area (Å²) in [6, 6.07) is 14.4. The van der Waals surface area contributed by atoms with Gasteiger partial charge in [0.2, 0.25) is 0 Å². The summed E-state index contributed by atoms with van der Waals surface area (Å²) in [5, 5.41) is 6.80. The Balaban J connectivity index is 1.43. The van der Waals surface area contributed by atoms with Crippen LogP contribution < -0.4 is 10.6 Å². The van der Waals surface area contributed by atoms with Crippen LogP contribution >= 0.6 is 11.8 Å². The van der Waals surface area contributed by atoms with Crippen LogP contribution in [0, 0.1) is 0 Å². The first-order chi connectivity index (χ1) is 13.4. The summed E-state index contributed by atoms with van der Waals surface area (Å²) in [6.45, 7) is 7.43. The monoisotopic (exact) mass is 397 g/mol. The zero-order chi connectivity index (χ0) is 19.8. The Kier molecular flexibility index (Phi) is 5.36. The van der Waals surface area contributed by atoms with E-state index in [1.807, 2.05) is 30.3 Å². The fraction of sp³-hybridized carbons (Fsp3) is 0.409. The third kappa shape index (κ3) is 4.19. The van der Waals surface area contributed by atoms with Crippen molar-refractivity contribution in [2.24, 2.45) is 0 Å². The average molecular weight is 398 g/mol. The van der Waals surface area contributed by atoms with Gasteiger partial charge >= 0.3 is 0 Å². The number of fused-ring (bicyclic) bond motifs is 2. The molecule has 6 heteroatoms. The maximum Gasteiger partial charge on any atom is 0.255 e. The van der Waals surface area contributed by atoms with Gasteiger partial charge in [0.25, 0.3) is 5.91 Å². The summed E-state index contributed by atoms with van der Waals surface area (Å²) in [6.07, 6.45) is 0.321. The van der Waals surface area contributed by atoms with Gasteiger partial charge in [0.05, 0.1) is 5.69 Å². The maximum atomic E-state index is 12.7. The second-order valence-corrected chi connectivity index (χ2v) is 9.28. The van der Waals surface area contributed by atoms with E-state index in [1.54, 1.807) is 11.8 Å². The minimum atomic E-state index is -0.104. The van der Waals surface area contributed by atoms with E-state index in [1.165, 1.54) is 10.5 Å². The molecule has 2 aromatic carbocycles. The average Bonchev–Trinajstić information content (AvgIpc) is 3.44. The summed E-state index contributed by atoms with van der Waals surface area (Å²) in [5.41, 5.74) is 3.65. The molecule has 0 aromatic heterocycles. The Bertz CT molecular complexity index is 869. The van der Waals surface area contributed by atoms with Crippen LogP contribution in [0.5, 0.6) is 0 Å². The first kappa shape index (κ1) is 19.3. The summed E-state index contributed by atoms with van der Waals surface area (Å²) < 4.78 is 5.64. The normalized spacial score (nSPS) is 22.9. The highest BCUT2D eigenvalue weighted by Gasteiger charge is 2.45. The van der Waals surface area contributed by atoms with E-state index in [9.17, 15) is 4.79 Å². The predicted octanol–water partition coefficient (Wildman–Crippen LogP) is 4.41. The number of ether oxygens (including phenoxy) is 1. The van der Waals surface area contributed by atoms with Gasteiger partial charge in [-0.2, -0.15) is 0 Å². The van der Waals surface area contributed by atoms with E-state index in [-0.39, 0.29) is 18.2 Å². The molecule has 0 bridgehead atoms. The number of carbonyl (C=O) groups is 1. The van der Waals surface area contributed by atoms with Gasteiger partial charge in [-0.3, -0.25) is 9.69 Å². The summed E-state index contributed by atoms with van der Waals surface area (Å²) >= 11 is 1.79. The lowest BCUT2D eigenvalue weighted by Gasteiger charge is -2.21. The lowest BCUT2D eigenvalue weighted by atomic mass is 10.1. The van der Waals surface area contributed by atoms with Gasteiger partial charge in [-0.05, 0) is 56.8 Å². The van der Waals surface area contributed by atoms with Gasteiger partial charge in [-0.15, -0.1) is 11.8 Å². The fourth-order valence-electron chi connectivity index (χ4n) is 3.27. The van der Waals surface area contributed by atoms with Crippen LogP contribution in [-0.4, -0.2) is 41.5 Å².